The fourth-order valence-corrected chi connectivity index (χ4v) is 3.46. The van der Waals surface area contributed by atoms with Crippen molar-refractivity contribution in [1.82, 2.24) is 0 Å². The molecule has 1 N–H and O–H groups in total. The van der Waals surface area contributed by atoms with Crippen molar-refractivity contribution in [1.29, 1.82) is 0 Å². The Balaban J connectivity index is 2.17. The highest BCUT2D eigenvalue weighted by atomic mass is 16.6. The van der Waals surface area contributed by atoms with Gasteiger partial charge >= 0.3 is 5.97 Å². The fraction of sp³-hybridized carbons (Fsp3) is 0.833. The molecular weight excluding hydrogens is 296 g/mol. The highest BCUT2D eigenvalue weighted by Gasteiger charge is 2.32. The maximum Gasteiger partial charge on any atom is 0.308 e. The minimum Gasteiger partial charge on any atom is -0.462 e. The van der Waals surface area contributed by atoms with Crippen LogP contribution in [0, 0.1) is 0 Å². The van der Waals surface area contributed by atoms with E-state index >= 15 is 0 Å². The lowest BCUT2D eigenvalue weighted by Gasteiger charge is -2.34. The third-order valence-electron chi connectivity index (χ3n) is 4.68. The van der Waals surface area contributed by atoms with Crippen LogP contribution >= 0.6 is 0 Å². The van der Waals surface area contributed by atoms with Gasteiger partial charge in [-0.3, -0.25) is 4.79 Å². The Bertz CT molecular complexity index is 420. The first-order chi connectivity index (χ1) is 11.0. The van der Waals surface area contributed by atoms with Crippen molar-refractivity contribution >= 4 is 5.97 Å². The molecule has 2 rings (SSSR count). The molecule has 1 fully saturated rings. The number of carbonyl (C=O) groups is 1. The molecule has 2 heterocycles. The number of methoxy groups -OCH3 is 1. The average Bonchev–Trinajstić information content (AvgIpc) is 2.49. The third kappa shape index (κ3) is 5.59. The Morgan fingerprint density at radius 3 is 2.83 bits per heavy atom. The van der Waals surface area contributed by atoms with Gasteiger partial charge < -0.3 is 19.3 Å². The summed E-state index contributed by atoms with van der Waals surface area (Å²) in [5.74, 6) is -0.288. The van der Waals surface area contributed by atoms with Gasteiger partial charge in [0, 0.05) is 13.5 Å². The van der Waals surface area contributed by atoms with E-state index in [1.54, 1.807) is 7.11 Å². The molecule has 2 bridgehead atoms. The first kappa shape index (κ1) is 18.4. The summed E-state index contributed by atoms with van der Waals surface area (Å²) in [5.41, 5.74) is 1.22. The van der Waals surface area contributed by atoms with Gasteiger partial charge in [0.05, 0.1) is 30.8 Å². The minimum atomic E-state index is -0.591. The molecule has 2 aliphatic heterocycles. The second kappa shape index (κ2) is 8.81. The Morgan fingerprint density at radius 1 is 1.35 bits per heavy atom. The summed E-state index contributed by atoms with van der Waals surface area (Å²) in [4.78, 5) is 12.2. The number of aliphatic hydroxyl groups is 1. The molecule has 0 spiro atoms. The minimum absolute atomic E-state index is 0.0417. The van der Waals surface area contributed by atoms with E-state index in [2.05, 4.69) is 19.9 Å². The van der Waals surface area contributed by atoms with E-state index < -0.39 is 12.2 Å². The van der Waals surface area contributed by atoms with Gasteiger partial charge in [-0.05, 0) is 32.6 Å². The summed E-state index contributed by atoms with van der Waals surface area (Å²) in [5, 5.41) is 10.1. The second-order valence-electron chi connectivity index (χ2n) is 6.77. The summed E-state index contributed by atoms with van der Waals surface area (Å²) < 4.78 is 17.1. The summed E-state index contributed by atoms with van der Waals surface area (Å²) in [7, 11) is 1.71. The van der Waals surface area contributed by atoms with Crippen LogP contribution in [0.25, 0.3) is 0 Å². The van der Waals surface area contributed by atoms with Gasteiger partial charge in [0.25, 0.3) is 0 Å². The van der Waals surface area contributed by atoms with Crippen molar-refractivity contribution in [3.05, 3.63) is 11.6 Å². The molecular formula is C18H30O5. The zero-order chi connectivity index (χ0) is 16.8. The molecule has 0 amide bonds. The van der Waals surface area contributed by atoms with Crippen molar-refractivity contribution in [3.63, 3.8) is 0 Å². The van der Waals surface area contributed by atoms with E-state index in [9.17, 15) is 9.90 Å². The molecule has 0 unspecified atom stereocenters. The molecule has 1 saturated heterocycles. The zero-order valence-electron chi connectivity index (χ0n) is 14.5. The van der Waals surface area contributed by atoms with Crippen molar-refractivity contribution in [2.75, 3.05) is 7.11 Å². The van der Waals surface area contributed by atoms with Gasteiger partial charge in [-0.1, -0.05) is 25.0 Å². The van der Waals surface area contributed by atoms with Gasteiger partial charge in [-0.25, -0.2) is 0 Å². The van der Waals surface area contributed by atoms with Crippen LogP contribution in [0.15, 0.2) is 11.6 Å². The zero-order valence-corrected chi connectivity index (χ0v) is 14.5. The second-order valence-corrected chi connectivity index (χ2v) is 6.77. The van der Waals surface area contributed by atoms with Crippen molar-refractivity contribution in [3.8, 4) is 0 Å². The quantitative estimate of drug-likeness (QED) is 0.638. The lowest BCUT2D eigenvalue weighted by molar-refractivity contribution is -0.162. The standard InChI is InChI=1S/C18H30O5/c1-4-5-13-10-15(21-3)9-12(2)8-14-6-7-16(19)17(22-14)11-18(20)23-13/h8,13-17,19H,4-7,9-11H2,1-3H3/b12-8-/t13-,14+,15+,16-,17+/m1/s1. The van der Waals surface area contributed by atoms with E-state index in [-0.39, 0.29) is 30.7 Å². The maximum absolute atomic E-state index is 12.2. The number of cyclic esters (lactones) is 1. The van der Waals surface area contributed by atoms with E-state index in [1.807, 2.05) is 0 Å². The van der Waals surface area contributed by atoms with Crippen LogP contribution in [0.2, 0.25) is 0 Å². The van der Waals surface area contributed by atoms with Crippen molar-refractivity contribution < 1.29 is 24.1 Å². The number of ether oxygens (including phenoxy) is 3. The largest absolute Gasteiger partial charge is 0.462 e. The average molecular weight is 326 g/mol. The van der Waals surface area contributed by atoms with Crippen LogP contribution in [0.5, 0.6) is 0 Å². The van der Waals surface area contributed by atoms with Crippen LogP contribution in [0.4, 0.5) is 0 Å². The van der Waals surface area contributed by atoms with E-state index in [0.29, 0.717) is 12.8 Å². The van der Waals surface area contributed by atoms with Crippen LogP contribution in [0.3, 0.4) is 0 Å². The van der Waals surface area contributed by atoms with Gasteiger partial charge in [0.2, 0.25) is 0 Å². The van der Waals surface area contributed by atoms with Gasteiger partial charge in [0.1, 0.15) is 6.10 Å². The smallest absolute Gasteiger partial charge is 0.308 e. The Kier molecular flexibility index (Phi) is 7.06. The van der Waals surface area contributed by atoms with Gasteiger partial charge in [0.15, 0.2) is 0 Å². The number of esters is 1. The number of hydrogen-bond donors (Lipinski definition) is 1. The van der Waals surface area contributed by atoms with Crippen LogP contribution in [0.1, 0.15) is 58.8 Å². The summed E-state index contributed by atoms with van der Waals surface area (Å²) in [6.45, 7) is 4.16. The number of hydrogen-bond acceptors (Lipinski definition) is 5. The molecule has 2 aliphatic rings. The normalized spacial score (nSPS) is 38.7. The summed E-state index contributed by atoms with van der Waals surface area (Å²) in [6, 6.07) is 0. The van der Waals surface area contributed by atoms with Crippen LogP contribution in [-0.2, 0) is 19.0 Å². The molecule has 0 saturated carbocycles. The summed E-state index contributed by atoms with van der Waals surface area (Å²) in [6.07, 6.45) is 5.76. The molecule has 132 valence electrons. The monoisotopic (exact) mass is 326 g/mol. The molecule has 23 heavy (non-hydrogen) atoms. The Labute approximate surface area is 139 Å². The first-order valence-corrected chi connectivity index (χ1v) is 8.74. The maximum atomic E-state index is 12.2. The van der Waals surface area contributed by atoms with Crippen LogP contribution in [-0.4, -0.2) is 48.7 Å². The highest BCUT2D eigenvalue weighted by molar-refractivity contribution is 5.70. The first-order valence-electron chi connectivity index (χ1n) is 8.74. The topological polar surface area (TPSA) is 65.0 Å². The van der Waals surface area contributed by atoms with E-state index in [1.165, 1.54) is 5.57 Å². The number of aliphatic hydroxyl groups excluding tert-OH is 1. The Morgan fingerprint density at radius 2 is 2.13 bits per heavy atom. The molecule has 0 aromatic carbocycles. The van der Waals surface area contributed by atoms with Crippen LogP contribution < -0.4 is 0 Å². The molecule has 0 aliphatic carbocycles. The molecule has 0 radical (unpaired) electrons. The molecule has 5 atom stereocenters. The summed E-state index contributed by atoms with van der Waals surface area (Å²) >= 11 is 0. The number of rotatable bonds is 3. The van der Waals surface area contributed by atoms with E-state index in [4.69, 9.17) is 14.2 Å². The lowest BCUT2D eigenvalue weighted by atomic mass is 9.95. The Hall–Kier alpha value is -0.910. The SMILES string of the molecule is CCC[C@@H]1C[C@@H](OC)C/C(C)=C\[C@@H]2CC[C@@H](O)[C@H](CC(=O)O1)O2. The highest BCUT2D eigenvalue weighted by Crippen LogP contribution is 2.27. The lowest BCUT2D eigenvalue weighted by Crippen LogP contribution is -2.40. The van der Waals surface area contributed by atoms with Gasteiger partial charge in [-0.15, -0.1) is 0 Å². The van der Waals surface area contributed by atoms with E-state index in [0.717, 1.165) is 25.7 Å². The van der Waals surface area contributed by atoms with Crippen molar-refractivity contribution in [2.45, 2.75) is 89.3 Å². The predicted molar refractivity (Wildman–Crippen MR) is 87.1 cm³/mol. The molecule has 5 heteroatoms. The number of fused-ring (bicyclic) bond motifs is 2. The third-order valence-corrected chi connectivity index (χ3v) is 4.68. The molecule has 0 aromatic heterocycles. The van der Waals surface area contributed by atoms with Crippen molar-refractivity contribution in [2.24, 2.45) is 0 Å². The predicted octanol–water partition coefficient (Wildman–Crippen LogP) is 2.75. The fourth-order valence-electron chi connectivity index (χ4n) is 3.46. The molecule has 5 nitrogen and oxygen atoms in total. The van der Waals surface area contributed by atoms with Gasteiger partial charge in [-0.2, -0.15) is 0 Å². The molecule has 0 aromatic rings. The number of carbonyl (C=O) groups excluding carboxylic acids is 1.